The van der Waals surface area contributed by atoms with Gasteiger partial charge in [0.2, 0.25) is 0 Å². The van der Waals surface area contributed by atoms with Crippen LogP contribution in [0.2, 0.25) is 0 Å². The van der Waals surface area contributed by atoms with Gasteiger partial charge in [-0.1, -0.05) is 0 Å². The van der Waals surface area contributed by atoms with E-state index in [0.717, 1.165) is 16.2 Å². The van der Waals surface area contributed by atoms with E-state index in [2.05, 4.69) is 25.6 Å². The first-order valence-corrected chi connectivity index (χ1v) is 8.31. The molecule has 122 valence electrons. The van der Waals surface area contributed by atoms with Crippen LogP contribution in [0.3, 0.4) is 0 Å². The molecule has 0 saturated heterocycles. The Morgan fingerprint density at radius 2 is 2.12 bits per heavy atom. The number of anilines is 1. The smallest absolute Gasteiger partial charge is 0.345 e. The van der Waals surface area contributed by atoms with Crippen molar-refractivity contribution in [3.8, 4) is 10.6 Å². The number of fused-ring (bicyclic) bond motifs is 1. The van der Waals surface area contributed by atoms with Crippen molar-refractivity contribution in [3.05, 3.63) is 35.3 Å². The number of carboxylic acid groups (broad SMARTS) is 1. The molecule has 0 aliphatic heterocycles. The molecule has 0 unspecified atom stereocenters. The fraction of sp³-hybridized carbons (Fsp3) is 0.133. The highest BCUT2D eigenvalue weighted by Crippen LogP contribution is 2.27. The number of thiophene rings is 1. The lowest BCUT2D eigenvalue weighted by Gasteiger charge is -2.08. The Bertz CT molecular complexity index is 925. The third kappa shape index (κ3) is 3.47. The first-order valence-electron chi connectivity index (χ1n) is 7.09. The maximum Gasteiger partial charge on any atom is 0.345 e. The number of aromatic nitrogens is 3. The number of pyridine rings is 1. The Balaban J connectivity index is 1.93. The van der Waals surface area contributed by atoms with Crippen LogP contribution >= 0.6 is 23.6 Å². The van der Waals surface area contributed by atoms with Crippen LogP contribution in [0.25, 0.3) is 21.7 Å². The average molecular weight is 359 g/mol. The van der Waals surface area contributed by atoms with Crippen LogP contribution in [0, 0.1) is 0 Å². The Morgan fingerprint density at radius 3 is 2.83 bits per heavy atom. The Morgan fingerprint density at radius 1 is 1.29 bits per heavy atom. The van der Waals surface area contributed by atoms with Crippen molar-refractivity contribution in [1.29, 1.82) is 0 Å². The summed E-state index contributed by atoms with van der Waals surface area (Å²) in [5, 5.41) is 15.5. The van der Waals surface area contributed by atoms with Gasteiger partial charge in [-0.2, -0.15) is 0 Å². The molecule has 0 fully saturated rings. The highest BCUT2D eigenvalue weighted by molar-refractivity contribution is 7.80. The van der Waals surface area contributed by atoms with Gasteiger partial charge in [0.05, 0.1) is 11.1 Å². The fourth-order valence-corrected chi connectivity index (χ4v) is 3.05. The summed E-state index contributed by atoms with van der Waals surface area (Å²) in [7, 11) is 0. The van der Waals surface area contributed by atoms with E-state index in [-0.39, 0.29) is 4.88 Å². The van der Waals surface area contributed by atoms with Crippen LogP contribution in [-0.4, -0.2) is 37.7 Å². The monoisotopic (exact) mass is 359 g/mol. The van der Waals surface area contributed by atoms with Crippen LogP contribution in [0.15, 0.2) is 30.5 Å². The maximum atomic E-state index is 11.0. The van der Waals surface area contributed by atoms with Gasteiger partial charge in [-0.05, 0) is 43.4 Å². The fourth-order valence-electron chi connectivity index (χ4n) is 2.00. The average Bonchev–Trinajstić information content (AvgIpc) is 3.04. The van der Waals surface area contributed by atoms with Crippen molar-refractivity contribution < 1.29 is 9.90 Å². The maximum absolute atomic E-state index is 11.0. The molecule has 0 radical (unpaired) electrons. The minimum absolute atomic E-state index is 0.256. The third-order valence-electron chi connectivity index (χ3n) is 3.05. The number of hydrogen-bond donors (Lipinski definition) is 3. The molecule has 0 aromatic carbocycles. The molecule has 9 heteroatoms. The van der Waals surface area contributed by atoms with E-state index in [9.17, 15) is 4.79 Å². The third-order valence-corrected chi connectivity index (χ3v) is 4.40. The molecule has 3 rings (SSSR count). The zero-order valence-corrected chi connectivity index (χ0v) is 14.2. The van der Waals surface area contributed by atoms with Crippen molar-refractivity contribution in [3.63, 3.8) is 0 Å². The van der Waals surface area contributed by atoms with E-state index in [1.165, 1.54) is 0 Å². The zero-order chi connectivity index (χ0) is 17.1. The standard InChI is InChI=1S/C15H13N5O2S2/c1-2-16-15(23)20-12-6-3-8-13(19-12)18-9(7-17-8)10-4-5-11(24-10)14(21)22/h3-7H,2H2,1H3,(H,21,22)(H2,16,18,19,20,23). The van der Waals surface area contributed by atoms with Crippen LogP contribution in [0.5, 0.6) is 0 Å². The summed E-state index contributed by atoms with van der Waals surface area (Å²) in [5.74, 6) is -0.390. The molecule has 0 spiro atoms. The zero-order valence-electron chi connectivity index (χ0n) is 12.6. The molecule has 3 aromatic heterocycles. The lowest BCUT2D eigenvalue weighted by molar-refractivity contribution is 0.0702. The largest absolute Gasteiger partial charge is 0.477 e. The number of carbonyl (C=O) groups is 1. The molecule has 3 aromatic rings. The summed E-state index contributed by atoms with van der Waals surface area (Å²) in [5.41, 5.74) is 1.69. The van der Waals surface area contributed by atoms with Crippen molar-refractivity contribution >= 4 is 51.6 Å². The number of rotatable bonds is 4. The van der Waals surface area contributed by atoms with Crippen molar-refractivity contribution in [2.75, 3.05) is 11.9 Å². The van der Waals surface area contributed by atoms with Gasteiger partial charge in [0.1, 0.15) is 21.9 Å². The number of nitrogens with zero attached hydrogens (tertiary/aromatic N) is 3. The molecule has 0 atom stereocenters. The number of aromatic carboxylic acids is 1. The predicted octanol–water partition coefficient (Wildman–Crippen LogP) is 2.76. The van der Waals surface area contributed by atoms with Crippen molar-refractivity contribution in [2.45, 2.75) is 6.92 Å². The van der Waals surface area contributed by atoms with Crippen LogP contribution in [0.1, 0.15) is 16.6 Å². The molecule has 0 saturated carbocycles. The minimum Gasteiger partial charge on any atom is -0.477 e. The molecular weight excluding hydrogens is 346 g/mol. The van der Waals surface area contributed by atoms with Gasteiger partial charge in [-0.15, -0.1) is 11.3 Å². The molecular formula is C15H13N5O2S2. The van der Waals surface area contributed by atoms with E-state index < -0.39 is 5.97 Å². The predicted molar refractivity (Wildman–Crippen MR) is 97.5 cm³/mol. The van der Waals surface area contributed by atoms with Gasteiger partial charge in [0, 0.05) is 6.54 Å². The second-order valence-corrected chi connectivity index (χ2v) is 6.24. The second-order valence-electron chi connectivity index (χ2n) is 4.75. The van der Waals surface area contributed by atoms with E-state index in [1.807, 2.05) is 6.92 Å². The summed E-state index contributed by atoms with van der Waals surface area (Å²) in [4.78, 5) is 25.2. The Kier molecular flexibility index (Phi) is 4.63. The second kappa shape index (κ2) is 6.85. The molecule has 7 nitrogen and oxygen atoms in total. The van der Waals surface area contributed by atoms with E-state index in [1.54, 1.807) is 30.5 Å². The normalized spacial score (nSPS) is 10.5. The lowest BCUT2D eigenvalue weighted by Crippen LogP contribution is -2.28. The number of nitrogens with one attached hydrogen (secondary N) is 2. The summed E-state index contributed by atoms with van der Waals surface area (Å²) in [6.07, 6.45) is 1.61. The summed E-state index contributed by atoms with van der Waals surface area (Å²) in [6.45, 7) is 2.67. The molecule has 0 bridgehead atoms. The summed E-state index contributed by atoms with van der Waals surface area (Å²) < 4.78 is 0. The molecule has 3 heterocycles. The SMILES string of the molecule is CCNC(=S)Nc1ccc2ncc(-c3ccc(C(=O)O)s3)nc2n1. The lowest BCUT2D eigenvalue weighted by atomic mass is 10.3. The van der Waals surface area contributed by atoms with Crippen LogP contribution in [-0.2, 0) is 0 Å². The quantitative estimate of drug-likeness (QED) is 0.612. The van der Waals surface area contributed by atoms with E-state index in [4.69, 9.17) is 17.3 Å². The van der Waals surface area contributed by atoms with Gasteiger partial charge in [0.25, 0.3) is 0 Å². The van der Waals surface area contributed by atoms with E-state index in [0.29, 0.717) is 34.3 Å². The highest BCUT2D eigenvalue weighted by Gasteiger charge is 2.11. The Hall–Kier alpha value is -2.65. The number of thiocarbonyl (C=S) groups is 1. The van der Waals surface area contributed by atoms with Gasteiger partial charge in [-0.3, -0.25) is 4.98 Å². The first kappa shape index (κ1) is 16.2. The Labute approximate surface area is 146 Å². The molecule has 0 aliphatic carbocycles. The number of hydrogen-bond acceptors (Lipinski definition) is 6. The molecule has 0 amide bonds. The molecule has 3 N–H and O–H groups in total. The first-order chi connectivity index (χ1) is 11.6. The molecule has 24 heavy (non-hydrogen) atoms. The number of carboxylic acids is 1. The van der Waals surface area contributed by atoms with Crippen LogP contribution in [0.4, 0.5) is 5.82 Å². The van der Waals surface area contributed by atoms with Crippen molar-refractivity contribution in [2.24, 2.45) is 0 Å². The van der Waals surface area contributed by atoms with E-state index >= 15 is 0 Å². The van der Waals surface area contributed by atoms with Crippen molar-refractivity contribution in [1.82, 2.24) is 20.3 Å². The van der Waals surface area contributed by atoms with Gasteiger partial charge >= 0.3 is 5.97 Å². The van der Waals surface area contributed by atoms with Gasteiger partial charge < -0.3 is 15.7 Å². The summed E-state index contributed by atoms with van der Waals surface area (Å²) >= 11 is 6.28. The molecule has 0 aliphatic rings. The minimum atomic E-state index is -0.957. The van der Waals surface area contributed by atoms with Gasteiger partial charge in [-0.25, -0.2) is 14.8 Å². The topological polar surface area (TPSA) is 100 Å². The summed E-state index contributed by atoms with van der Waals surface area (Å²) in [6, 6.07) is 6.84. The van der Waals surface area contributed by atoms with Crippen LogP contribution < -0.4 is 10.6 Å². The highest BCUT2D eigenvalue weighted by atomic mass is 32.1. The van der Waals surface area contributed by atoms with Gasteiger partial charge in [0.15, 0.2) is 10.8 Å².